The summed E-state index contributed by atoms with van der Waals surface area (Å²) in [5.74, 6) is 1.85. The maximum absolute atomic E-state index is 8.11. The number of hydrogen-bond acceptors (Lipinski definition) is 3. The second kappa shape index (κ2) is 8.35. The van der Waals surface area contributed by atoms with Crippen molar-refractivity contribution in [1.82, 2.24) is 0 Å². The van der Waals surface area contributed by atoms with E-state index >= 15 is 0 Å². The highest BCUT2D eigenvalue weighted by atomic mass is 16.5. The Balaban J connectivity index is 0.000000347. The van der Waals surface area contributed by atoms with Crippen molar-refractivity contribution in [3.05, 3.63) is 59.7 Å². The second-order valence-electron chi connectivity index (χ2n) is 4.66. The van der Waals surface area contributed by atoms with Gasteiger partial charge in [-0.05, 0) is 44.0 Å². The van der Waals surface area contributed by atoms with Crippen LogP contribution in [-0.4, -0.2) is 22.9 Å². The van der Waals surface area contributed by atoms with Gasteiger partial charge in [0.15, 0.2) is 0 Å². The number of aryl methyl sites for hydroxylation is 2. The molecule has 0 saturated carbocycles. The fourth-order valence-corrected chi connectivity index (χ4v) is 1.46. The molecular formula is C17H22O3. The van der Waals surface area contributed by atoms with Gasteiger partial charge in [-0.25, -0.2) is 0 Å². The van der Waals surface area contributed by atoms with Crippen LogP contribution in [0.5, 0.6) is 11.5 Å². The van der Waals surface area contributed by atoms with E-state index in [1.165, 1.54) is 6.92 Å². The van der Waals surface area contributed by atoms with Gasteiger partial charge in [-0.2, -0.15) is 0 Å². The number of benzene rings is 2. The molecule has 3 nitrogen and oxygen atoms in total. The van der Waals surface area contributed by atoms with E-state index in [9.17, 15) is 0 Å². The summed E-state index contributed by atoms with van der Waals surface area (Å²) in [7, 11) is 0. The zero-order chi connectivity index (χ0) is 15.0. The lowest BCUT2D eigenvalue weighted by Gasteiger charge is -2.10. The van der Waals surface area contributed by atoms with E-state index in [1.807, 2.05) is 62.4 Å². The van der Waals surface area contributed by atoms with Crippen molar-refractivity contribution in [3.8, 4) is 11.5 Å². The first-order chi connectivity index (χ1) is 9.54. The van der Waals surface area contributed by atoms with Crippen LogP contribution in [-0.2, 0) is 0 Å². The third-order valence-electron chi connectivity index (χ3n) is 2.67. The summed E-state index contributed by atoms with van der Waals surface area (Å²) >= 11 is 0. The van der Waals surface area contributed by atoms with Crippen LogP contribution >= 0.6 is 0 Å². The Morgan fingerprint density at radius 1 is 0.900 bits per heavy atom. The fourth-order valence-electron chi connectivity index (χ4n) is 1.46. The predicted octanol–water partition coefficient (Wildman–Crippen LogP) is 3.46. The molecule has 0 saturated heterocycles. The minimum Gasteiger partial charge on any atom is -0.457 e. The zero-order valence-corrected chi connectivity index (χ0v) is 12.2. The summed E-state index contributed by atoms with van der Waals surface area (Å²) in [6, 6.07) is 16.1. The lowest BCUT2D eigenvalue weighted by Crippen LogP contribution is -2.03. The minimum absolute atomic E-state index is 0.139. The smallest absolute Gasteiger partial charge is 0.130 e. The third-order valence-corrected chi connectivity index (χ3v) is 2.67. The Labute approximate surface area is 120 Å². The molecule has 0 fully saturated rings. The van der Waals surface area contributed by atoms with Gasteiger partial charge in [-0.15, -0.1) is 0 Å². The predicted molar refractivity (Wildman–Crippen MR) is 81.2 cm³/mol. The molecule has 1 unspecified atom stereocenters. The van der Waals surface area contributed by atoms with Crippen molar-refractivity contribution >= 4 is 0 Å². The second-order valence-corrected chi connectivity index (χ2v) is 4.66. The summed E-state index contributed by atoms with van der Waals surface area (Å²) in [6.07, 6.45) is -0.560. The molecule has 0 aliphatic carbocycles. The molecule has 20 heavy (non-hydrogen) atoms. The molecule has 2 rings (SSSR count). The fraction of sp³-hybridized carbons (Fsp3) is 0.294. The van der Waals surface area contributed by atoms with Crippen molar-refractivity contribution in [2.24, 2.45) is 0 Å². The van der Waals surface area contributed by atoms with Crippen LogP contribution in [0, 0.1) is 13.8 Å². The molecule has 0 aliphatic rings. The van der Waals surface area contributed by atoms with Gasteiger partial charge in [0.2, 0.25) is 0 Å². The van der Waals surface area contributed by atoms with Crippen LogP contribution in [0.4, 0.5) is 0 Å². The Morgan fingerprint density at radius 2 is 1.25 bits per heavy atom. The maximum atomic E-state index is 8.11. The number of rotatable bonds is 3. The van der Waals surface area contributed by atoms with Crippen LogP contribution in [0.2, 0.25) is 0 Å². The lowest BCUT2D eigenvalue weighted by atomic mass is 10.2. The van der Waals surface area contributed by atoms with Crippen molar-refractivity contribution in [3.63, 3.8) is 0 Å². The largest absolute Gasteiger partial charge is 0.457 e. The highest BCUT2D eigenvalue weighted by molar-refractivity contribution is 5.40. The topological polar surface area (TPSA) is 49.7 Å². The van der Waals surface area contributed by atoms with Gasteiger partial charge in [0.25, 0.3) is 0 Å². The molecular weight excluding hydrogens is 252 g/mol. The molecule has 2 aromatic carbocycles. The molecule has 108 valence electrons. The molecule has 2 aromatic rings. The molecule has 1 atom stereocenters. The molecule has 0 aromatic heterocycles. The first kappa shape index (κ1) is 16.2. The molecule has 0 heterocycles. The Bertz CT molecular complexity index is 478. The van der Waals surface area contributed by atoms with Gasteiger partial charge >= 0.3 is 0 Å². The minimum atomic E-state index is -0.560. The maximum Gasteiger partial charge on any atom is 0.130 e. The monoisotopic (exact) mass is 274 g/mol. The molecule has 0 aliphatic heterocycles. The van der Waals surface area contributed by atoms with Crippen molar-refractivity contribution < 1.29 is 14.9 Å². The molecule has 3 heteroatoms. The van der Waals surface area contributed by atoms with E-state index in [0.29, 0.717) is 0 Å². The molecule has 0 bridgehead atoms. The number of aliphatic hydroxyl groups is 2. The summed E-state index contributed by atoms with van der Waals surface area (Å²) < 4.78 is 5.84. The van der Waals surface area contributed by atoms with Crippen LogP contribution in [0.25, 0.3) is 0 Å². The third kappa shape index (κ3) is 5.43. The van der Waals surface area contributed by atoms with E-state index in [4.69, 9.17) is 14.9 Å². The zero-order valence-electron chi connectivity index (χ0n) is 12.2. The summed E-state index contributed by atoms with van der Waals surface area (Å²) in [6.45, 7) is 5.49. The van der Waals surface area contributed by atoms with Crippen molar-refractivity contribution in [1.29, 1.82) is 0 Å². The summed E-state index contributed by atoms with van der Waals surface area (Å²) in [4.78, 5) is 0. The Morgan fingerprint density at radius 3 is 1.55 bits per heavy atom. The molecule has 0 radical (unpaired) electrons. The summed E-state index contributed by atoms with van der Waals surface area (Å²) in [5.41, 5.74) is 2.31. The van der Waals surface area contributed by atoms with E-state index in [0.717, 1.165) is 22.6 Å². The van der Waals surface area contributed by atoms with Gasteiger partial charge in [0, 0.05) is 0 Å². The van der Waals surface area contributed by atoms with E-state index in [-0.39, 0.29) is 6.61 Å². The average molecular weight is 274 g/mol. The average Bonchev–Trinajstić information content (AvgIpc) is 2.44. The van der Waals surface area contributed by atoms with Crippen LogP contribution < -0.4 is 4.74 Å². The van der Waals surface area contributed by atoms with Crippen molar-refractivity contribution in [2.45, 2.75) is 26.9 Å². The normalized spacial score (nSPS) is 11.2. The first-order valence-corrected chi connectivity index (χ1v) is 6.62. The lowest BCUT2D eigenvalue weighted by molar-refractivity contribution is 0.110. The summed E-state index contributed by atoms with van der Waals surface area (Å²) in [5, 5.41) is 16.0. The number of para-hydroxylation sites is 2. The Hall–Kier alpha value is -1.84. The highest BCUT2D eigenvalue weighted by Crippen LogP contribution is 2.26. The first-order valence-electron chi connectivity index (χ1n) is 6.62. The van der Waals surface area contributed by atoms with Crippen molar-refractivity contribution in [2.75, 3.05) is 6.61 Å². The molecule has 0 spiro atoms. The molecule has 2 N–H and O–H groups in total. The number of ether oxygens (including phenoxy) is 1. The highest BCUT2D eigenvalue weighted by Gasteiger charge is 2.01. The van der Waals surface area contributed by atoms with Crippen LogP contribution in [0.3, 0.4) is 0 Å². The SMILES string of the molecule is CC(O)CO.Cc1ccccc1Oc1ccccc1C. The number of aliphatic hydroxyl groups excluding tert-OH is 2. The van der Waals surface area contributed by atoms with E-state index in [1.54, 1.807) is 0 Å². The molecule has 0 amide bonds. The quantitative estimate of drug-likeness (QED) is 0.901. The van der Waals surface area contributed by atoms with Gasteiger partial charge in [-0.3, -0.25) is 0 Å². The Kier molecular flexibility index (Phi) is 6.77. The van der Waals surface area contributed by atoms with Gasteiger partial charge in [-0.1, -0.05) is 36.4 Å². The van der Waals surface area contributed by atoms with Crippen LogP contribution in [0.15, 0.2) is 48.5 Å². The van der Waals surface area contributed by atoms with E-state index in [2.05, 4.69) is 0 Å². The van der Waals surface area contributed by atoms with E-state index < -0.39 is 6.10 Å². The van der Waals surface area contributed by atoms with Crippen LogP contribution in [0.1, 0.15) is 18.1 Å². The van der Waals surface area contributed by atoms with Gasteiger partial charge in [0.1, 0.15) is 11.5 Å². The van der Waals surface area contributed by atoms with Gasteiger partial charge < -0.3 is 14.9 Å². The standard InChI is InChI=1S/C14H14O.C3H8O2/c1-11-7-3-5-9-13(11)15-14-10-6-4-8-12(14)2;1-3(5)2-4/h3-10H,1-2H3;3-5H,2H2,1H3. The van der Waals surface area contributed by atoms with Gasteiger partial charge in [0.05, 0.1) is 12.7 Å². The number of hydrogen-bond donors (Lipinski definition) is 2.